The van der Waals surface area contributed by atoms with E-state index in [1.54, 1.807) is 0 Å². The highest BCUT2D eigenvalue weighted by atomic mass is 16.5. The molecule has 0 fully saturated rings. The first-order valence-corrected chi connectivity index (χ1v) is 5.81. The number of rotatable bonds is 3. The van der Waals surface area contributed by atoms with Gasteiger partial charge < -0.3 is 15.2 Å². The van der Waals surface area contributed by atoms with E-state index in [0.29, 0.717) is 0 Å². The molecule has 0 radical (unpaired) electrons. The third kappa shape index (κ3) is 1.88. The summed E-state index contributed by atoms with van der Waals surface area (Å²) in [7, 11) is 3.14. The van der Waals surface area contributed by atoms with Crippen LogP contribution < -0.4 is 5.32 Å². The predicted molar refractivity (Wildman–Crippen MR) is 70.2 cm³/mol. The lowest BCUT2D eigenvalue weighted by Crippen LogP contribution is -2.29. The Morgan fingerprint density at radius 1 is 1.50 bits per heavy atom. The Morgan fingerprint density at radius 2 is 2.22 bits per heavy atom. The minimum Gasteiger partial charge on any atom is -0.469 e. The van der Waals surface area contributed by atoms with Crippen molar-refractivity contribution in [2.24, 2.45) is 0 Å². The van der Waals surface area contributed by atoms with Gasteiger partial charge in [-0.15, -0.1) is 0 Å². The van der Waals surface area contributed by atoms with E-state index in [-0.39, 0.29) is 6.42 Å². The lowest BCUT2D eigenvalue weighted by Gasteiger charge is -2.25. The molecule has 18 heavy (non-hydrogen) atoms. The zero-order valence-electron chi connectivity index (χ0n) is 10.8. The van der Waals surface area contributed by atoms with E-state index in [1.807, 2.05) is 38.2 Å². The molecule has 1 unspecified atom stereocenters. The summed E-state index contributed by atoms with van der Waals surface area (Å²) in [5.41, 5.74) is 2.10. The topological polar surface area (TPSA) is 58.6 Å². The second-order valence-corrected chi connectivity index (χ2v) is 4.49. The Morgan fingerprint density at radius 3 is 2.83 bits per heavy atom. The van der Waals surface area contributed by atoms with Gasteiger partial charge in [-0.05, 0) is 35.8 Å². The number of nitrogens with one attached hydrogen (secondary N) is 1. The van der Waals surface area contributed by atoms with Crippen LogP contribution in [0.4, 0.5) is 5.69 Å². The Bertz CT molecular complexity index is 522. The lowest BCUT2D eigenvalue weighted by atomic mass is 9.87. The number of esters is 1. The number of hydrogen-bond donors (Lipinski definition) is 2. The summed E-state index contributed by atoms with van der Waals surface area (Å²) in [6.07, 6.45) is 1.84. The summed E-state index contributed by atoms with van der Waals surface area (Å²) < 4.78 is 4.66. The molecule has 0 aliphatic heterocycles. The minimum absolute atomic E-state index is 0.0635. The molecule has 4 nitrogen and oxygen atoms in total. The maximum atomic E-state index is 11.5. The normalized spacial score (nSPS) is 21.2. The molecule has 1 atom stereocenters. The molecule has 2 rings (SSSR count). The van der Waals surface area contributed by atoms with Crippen molar-refractivity contribution in [2.45, 2.75) is 18.9 Å². The van der Waals surface area contributed by atoms with Crippen LogP contribution >= 0.6 is 0 Å². The molecule has 0 spiro atoms. The van der Waals surface area contributed by atoms with Gasteiger partial charge >= 0.3 is 5.97 Å². The van der Waals surface area contributed by atoms with Crippen LogP contribution in [0.15, 0.2) is 23.8 Å². The van der Waals surface area contributed by atoms with Gasteiger partial charge in [-0.25, -0.2) is 0 Å². The average molecular weight is 247 g/mol. The van der Waals surface area contributed by atoms with Gasteiger partial charge in [0.05, 0.1) is 13.5 Å². The highest BCUT2D eigenvalue weighted by Gasteiger charge is 2.39. The van der Waals surface area contributed by atoms with Crippen LogP contribution in [0.25, 0.3) is 6.08 Å². The molecule has 0 aromatic heterocycles. The Kier molecular flexibility index (Phi) is 3.13. The zero-order chi connectivity index (χ0) is 13.3. The van der Waals surface area contributed by atoms with Gasteiger partial charge in [-0.1, -0.05) is 12.1 Å². The smallest absolute Gasteiger partial charge is 0.309 e. The summed E-state index contributed by atoms with van der Waals surface area (Å²) >= 11 is 0. The number of methoxy groups -OCH3 is 1. The standard InChI is InChI=1S/C14H17NO3/c1-9-6-10-4-5-11(15-2)7-12(10)14(9,17)8-13(16)18-3/h4-7,15,17H,8H2,1-3H3. The summed E-state index contributed by atoms with van der Waals surface area (Å²) in [5, 5.41) is 13.8. The zero-order valence-corrected chi connectivity index (χ0v) is 10.8. The van der Waals surface area contributed by atoms with Crippen molar-refractivity contribution in [1.29, 1.82) is 0 Å². The summed E-state index contributed by atoms with van der Waals surface area (Å²) in [6.45, 7) is 1.82. The van der Waals surface area contributed by atoms with Crippen molar-refractivity contribution in [1.82, 2.24) is 0 Å². The molecule has 4 heteroatoms. The fourth-order valence-electron chi connectivity index (χ4n) is 2.28. The number of fused-ring (bicyclic) bond motifs is 1. The van der Waals surface area contributed by atoms with Crippen molar-refractivity contribution in [2.75, 3.05) is 19.5 Å². The maximum absolute atomic E-state index is 11.5. The number of carbonyl (C=O) groups excluding carboxylic acids is 1. The second kappa shape index (κ2) is 4.46. The van der Waals surface area contributed by atoms with Crippen molar-refractivity contribution >= 4 is 17.7 Å². The molecule has 0 amide bonds. The van der Waals surface area contributed by atoms with Crippen molar-refractivity contribution < 1.29 is 14.6 Å². The van der Waals surface area contributed by atoms with Crippen LogP contribution in [0, 0.1) is 0 Å². The third-order valence-corrected chi connectivity index (χ3v) is 3.44. The van der Waals surface area contributed by atoms with E-state index < -0.39 is 11.6 Å². The van der Waals surface area contributed by atoms with Crippen LogP contribution in [0.3, 0.4) is 0 Å². The van der Waals surface area contributed by atoms with Crippen LogP contribution in [0.5, 0.6) is 0 Å². The monoisotopic (exact) mass is 247 g/mol. The van der Waals surface area contributed by atoms with Crippen LogP contribution in [-0.2, 0) is 15.1 Å². The van der Waals surface area contributed by atoms with E-state index in [0.717, 1.165) is 22.4 Å². The van der Waals surface area contributed by atoms with Gasteiger partial charge in [-0.3, -0.25) is 4.79 Å². The van der Waals surface area contributed by atoms with Gasteiger partial charge in [0.1, 0.15) is 5.60 Å². The highest BCUT2D eigenvalue weighted by molar-refractivity contribution is 5.77. The number of ether oxygens (including phenoxy) is 1. The van der Waals surface area contributed by atoms with Gasteiger partial charge in [0.2, 0.25) is 0 Å². The first kappa shape index (κ1) is 12.6. The summed E-state index contributed by atoms with van der Waals surface area (Å²) in [6, 6.07) is 5.73. The number of carbonyl (C=O) groups is 1. The van der Waals surface area contributed by atoms with Crippen LogP contribution in [-0.4, -0.2) is 25.2 Å². The SMILES string of the molecule is CNc1ccc2c(c1)C(O)(CC(=O)OC)C(C)=C2. The minimum atomic E-state index is -1.25. The lowest BCUT2D eigenvalue weighted by molar-refractivity contribution is -0.145. The number of benzene rings is 1. The van der Waals surface area contributed by atoms with Crippen molar-refractivity contribution in [3.63, 3.8) is 0 Å². The Hall–Kier alpha value is -1.81. The molecule has 1 aliphatic carbocycles. The second-order valence-electron chi connectivity index (χ2n) is 4.49. The molecule has 1 aliphatic rings. The van der Waals surface area contributed by atoms with Crippen LogP contribution in [0.2, 0.25) is 0 Å². The fourth-order valence-corrected chi connectivity index (χ4v) is 2.28. The molecule has 0 saturated heterocycles. The van der Waals surface area contributed by atoms with E-state index in [2.05, 4.69) is 10.1 Å². The van der Waals surface area contributed by atoms with E-state index in [4.69, 9.17) is 0 Å². The quantitative estimate of drug-likeness (QED) is 0.801. The predicted octanol–water partition coefficient (Wildman–Crippen LogP) is 1.90. The molecule has 1 aromatic carbocycles. The number of aliphatic hydroxyl groups is 1. The van der Waals surface area contributed by atoms with Gasteiger partial charge in [-0.2, -0.15) is 0 Å². The van der Waals surface area contributed by atoms with Crippen molar-refractivity contribution in [3.05, 3.63) is 34.9 Å². The Balaban J connectivity index is 2.45. The molecule has 0 heterocycles. The first-order chi connectivity index (χ1) is 8.51. The van der Waals surface area contributed by atoms with Crippen molar-refractivity contribution in [3.8, 4) is 0 Å². The largest absolute Gasteiger partial charge is 0.469 e. The van der Waals surface area contributed by atoms with Gasteiger partial charge in [0.25, 0.3) is 0 Å². The number of anilines is 1. The average Bonchev–Trinajstić information content (AvgIpc) is 2.61. The third-order valence-electron chi connectivity index (χ3n) is 3.44. The number of hydrogen-bond acceptors (Lipinski definition) is 4. The van der Waals surface area contributed by atoms with E-state index in [9.17, 15) is 9.90 Å². The van der Waals surface area contributed by atoms with E-state index in [1.165, 1.54) is 7.11 Å². The molecular weight excluding hydrogens is 230 g/mol. The van der Waals surface area contributed by atoms with Crippen LogP contribution in [0.1, 0.15) is 24.5 Å². The molecule has 1 aromatic rings. The van der Waals surface area contributed by atoms with Gasteiger partial charge in [0.15, 0.2) is 0 Å². The molecule has 96 valence electrons. The molecular formula is C14H17NO3. The highest BCUT2D eigenvalue weighted by Crippen LogP contribution is 2.43. The summed E-state index contributed by atoms with van der Waals surface area (Å²) in [5.74, 6) is -0.423. The fraction of sp³-hybridized carbons (Fsp3) is 0.357. The van der Waals surface area contributed by atoms with Gasteiger partial charge in [0, 0.05) is 12.7 Å². The summed E-state index contributed by atoms with van der Waals surface area (Å²) in [4.78, 5) is 11.5. The Labute approximate surface area is 106 Å². The maximum Gasteiger partial charge on any atom is 0.309 e. The molecule has 2 N–H and O–H groups in total. The van der Waals surface area contributed by atoms with E-state index >= 15 is 0 Å². The molecule has 0 bridgehead atoms. The first-order valence-electron chi connectivity index (χ1n) is 5.81. The molecule has 0 saturated carbocycles.